The van der Waals surface area contributed by atoms with Crippen molar-refractivity contribution < 1.29 is 4.74 Å². The zero-order valence-corrected chi connectivity index (χ0v) is 11.5. The Hall–Kier alpha value is 0.270. The summed E-state index contributed by atoms with van der Waals surface area (Å²) in [6.07, 6.45) is 1.08. The normalized spacial score (nSPS) is 41.2. The molecule has 0 bridgehead atoms. The van der Waals surface area contributed by atoms with E-state index in [4.69, 9.17) is 4.74 Å². The molecule has 0 amide bonds. The van der Waals surface area contributed by atoms with Crippen LogP contribution in [0.5, 0.6) is 0 Å². The van der Waals surface area contributed by atoms with Crippen LogP contribution in [0.1, 0.15) is 48.0 Å². The third kappa shape index (κ3) is 1.83. The molecule has 2 aliphatic rings. The van der Waals surface area contributed by atoms with Crippen molar-refractivity contribution in [3.8, 4) is 0 Å². The van der Waals surface area contributed by atoms with Crippen LogP contribution >= 0.6 is 11.8 Å². The van der Waals surface area contributed by atoms with Gasteiger partial charge in [-0.1, -0.05) is 0 Å². The Morgan fingerprint density at radius 1 is 1.07 bits per heavy atom. The van der Waals surface area contributed by atoms with Gasteiger partial charge in [0.25, 0.3) is 0 Å². The first-order valence-electron chi connectivity index (χ1n) is 5.71. The fourth-order valence-corrected chi connectivity index (χ4v) is 4.83. The summed E-state index contributed by atoms with van der Waals surface area (Å²) in [5, 5.41) is 3.79. The van der Waals surface area contributed by atoms with Crippen LogP contribution in [-0.2, 0) is 4.74 Å². The Morgan fingerprint density at radius 2 is 1.67 bits per heavy atom. The standard InChI is InChI=1S/C12H23NOS/c1-9(2)8-15-12(13-9)7-10(3,4)14-11(12,5)6/h13H,7-8H2,1-6H3. The molecule has 0 saturated carbocycles. The second-order valence-corrected chi connectivity index (χ2v) is 7.95. The summed E-state index contributed by atoms with van der Waals surface area (Å²) in [6.45, 7) is 13.4. The number of thioether (sulfide) groups is 1. The molecule has 15 heavy (non-hydrogen) atoms. The maximum absolute atomic E-state index is 6.18. The van der Waals surface area contributed by atoms with Crippen molar-refractivity contribution in [3.63, 3.8) is 0 Å². The molecule has 3 heteroatoms. The van der Waals surface area contributed by atoms with Crippen molar-refractivity contribution >= 4 is 11.8 Å². The van der Waals surface area contributed by atoms with Gasteiger partial charge in [0.05, 0.1) is 16.1 Å². The highest BCUT2D eigenvalue weighted by Gasteiger charge is 2.61. The summed E-state index contributed by atoms with van der Waals surface area (Å²) >= 11 is 2.03. The van der Waals surface area contributed by atoms with E-state index in [1.807, 2.05) is 11.8 Å². The molecule has 1 atom stereocenters. The lowest BCUT2D eigenvalue weighted by Gasteiger charge is -2.37. The van der Waals surface area contributed by atoms with Crippen LogP contribution in [0, 0.1) is 0 Å². The first kappa shape index (κ1) is 11.7. The molecule has 88 valence electrons. The molecule has 2 rings (SSSR count). The van der Waals surface area contributed by atoms with E-state index in [0.717, 1.165) is 12.2 Å². The van der Waals surface area contributed by atoms with Crippen molar-refractivity contribution in [3.05, 3.63) is 0 Å². The van der Waals surface area contributed by atoms with Crippen LogP contribution in [0.3, 0.4) is 0 Å². The average molecular weight is 229 g/mol. The minimum absolute atomic E-state index is 0.0100. The van der Waals surface area contributed by atoms with Gasteiger partial charge in [-0.2, -0.15) is 0 Å². The van der Waals surface area contributed by atoms with Gasteiger partial charge in [0.2, 0.25) is 0 Å². The molecular weight excluding hydrogens is 206 g/mol. The molecule has 2 heterocycles. The Kier molecular flexibility index (Phi) is 2.30. The van der Waals surface area contributed by atoms with E-state index in [1.54, 1.807) is 0 Å². The first-order valence-corrected chi connectivity index (χ1v) is 6.70. The first-order chi connectivity index (χ1) is 6.58. The average Bonchev–Trinajstić information content (AvgIpc) is 2.30. The maximum Gasteiger partial charge on any atom is 0.0965 e. The van der Waals surface area contributed by atoms with Gasteiger partial charge < -0.3 is 4.74 Å². The van der Waals surface area contributed by atoms with Crippen LogP contribution in [0.4, 0.5) is 0 Å². The van der Waals surface area contributed by atoms with Crippen molar-refractivity contribution in [1.82, 2.24) is 5.32 Å². The topological polar surface area (TPSA) is 21.3 Å². The maximum atomic E-state index is 6.18. The van der Waals surface area contributed by atoms with Gasteiger partial charge in [0.15, 0.2) is 0 Å². The Balaban J connectivity index is 2.30. The lowest BCUT2D eigenvalue weighted by atomic mass is 9.91. The van der Waals surface area contributed by atoms with E-state index in [1.165, 1.54) is 0 Å². The Bertz CT molecular complexity index is 281. The van der Waals surface area contributed by atoms with Crippen molar-refractivity contribution in [2.45, 2.75) is 69.6 Å². The summed E-state index contributed by atoms with van der Waals surface area (Å²) in [6, 6.07) is 0. The highest BCUT2D eigenvalue weighted by atomic mass is 32.2. The van der Waals surface area contributed by atoms with Gasteiger partial charge in [-0.25, -0.2) is 0 Å². The third-order valence-corrected chi connectivity index (χ3v) is 5.50. The van der Waals surface area contributed by atoms with Gasteiger partial charge >= 0.3 is 0 Å². The van der Waals surface area contributed by atoms with Crippen molar-refractivity contribution in [2.75, 3.05) is 5.75 Å². The minimum Gasteiger partial charge on any atom is -0.367 e. The molecular formula is C12H23NOS. The second-order valence-electron chi connectivity index (χ2n) is 6.67. The SMILES string of the molecule is CC1(C)CSC2(CC(C)(C)OC2(C)C)N1. The van der Waals surface area contributed by atoms with Gasteiger partial charge in [0, 0.05) is 17.7 Å². The van der Waals surface area contributed by atoms with Crippen LogP contribution in [0.25, 0.3) is 0 Å². The summed E-state index contributed by atoms with van der Waals surface area (Å²) in [7, 11) is 0. The number of rotatable bonds is 0. The lowest BCUT2D eigenvalue weighted by molar-refractivity contribution is -0.0736. The number of hydrogen-bond donors (Lipinski definition) is 1. The molecule has 2 aliphatic heterocycles. The summed E-state index contributed by atoms with van der Waals surface area (Å²) in [5.41, 5.74) is 0.130. The largest absolute Gasteiger partial charge is 0.367 e. The Morgan fingerprint density at radius 3 is 2.00 bits per heavy atom. The smallest absolute Gasteiger partial charge is 0.0965 e. The molecule has 1 spiro atoms. The van der Waals surface area contributed by atoms with Crippen molar-refractivity contribution in [2.24, 2.45) is 0 Å². The van der Waals surface area contributed by atoms with E-state index in [0.29, 0.717) is 0 Å². The lowest BCUT2D eigenvalue weighted by Crippen LogP contribution is -2.56. The van der Waals surface area contributed by atoms with E-state index in [-0.39, 0.29) is 21.6 Å². The van der Waals surface area contributed by atoms with Gasteiger partial charge in [-0.05, 0) is 41.5 Å². The molecule has 0 aliphatic carbocycles. The summed E-state index contributed by atoms with van der Waals surface area (Å²) in [5.74, 6) is 1.16. The summed E-state index contributed by atoms with van der Waals surface area (Å²) < 4.78 is 6.18. The van der Waals surface area contributed by atoms with Gasteiger partial charge in [-0.3, -0.25) is 5.32 Å². The molecule has 2 saturated heterocycles. The third-order valence-electron chi connectivity index (χ3n) is 3.40. The predicted molar refractivity (Wildman–Crippen MR) is 66.3 cm³/mol. The molecule has 0 radical (unpaired) electrons. The quantitative estimate of drug-likeness (QED) is 0.690. The van der Waals surface area contributed by atoms with Crippen LogP contribution in [0.15, 0.2) is 0 Å². The van der Waals surface area contributed by atoms with E-state index >= 15 is 0 Å². The highest BCUT2D eigenvalue weighted by Crippen LogP contribution is 2.55. The zero-order chi connectivity index (χ0) is 11.5. The van der Waals surface area contributed by atoms with Gasteiger partial charge in [0.1, 0.15) is 0 Å². The molecule has 0 aromatic heterocycles. The van der Waals surface area contributed by atoms with Gasteiger partial charge in [-0.15, -0.1) is 11.8 Å². The van der Waals surface area contributed by atoms with Crippen molar-refractivity contribution in [1.29, 1.82) is 0 Å². The predicted octanol–water partition coefficient (Wildman–Crippen LogP) is 2.78. The van der Waals surface area contributed by atoms with Crippen LogP contribution in [-0.4, -0.2) is 27.4 Å². The Labute approximate surface area is 97.5 Å². The minimum atomic E-state index is -0.0884. The number of nitrogens with one attached hydrogen (secondary N) is 1. The molecule has 1 N–H and O–H groups in total. The van der Waals surface area contributed by atoms with E-state index in [9.17, 15) is 0 Å². The summed E-state index contributed by atoms with van der Waals surface area (Å²) in [4.78, 5) is 0.0972. The number of ether oxygens (including phenoxy) is 1. The van der Waals surface area contributed by atoms with Crippen LogP contribution < -0.4 is 5.32 Å². The molecule has 2 fully saturated rings. The molecule has 0 aromatic carbocycles. The fraction of sp³-hybridized carbons (Fsp3) is 1.00. The molecule has 0 aromatic rings. The highest BCUT2D eigenvalue weighted by molar-refractivity contribution is 8.01. The fourth-order valence-electron chi connectivity index (χ4n) is 2.96. The monoisotopic (exact) mass is 229 g/mol. The number of hydrogen-bond acceptors (Lipinski definition) is 3. The van der Waals surface area contributed by atoms with E-state index in [2.05, 4.69) is 46.9 Å². The van der Waals surface area contributed by atoms with E-state index < -0.39 is 0 Å². The molecule has 2 nitrogen and oxygen atoms in total. The second kappa shape index (κ2) is 2.93. The van der Waals surface area contributed by atoms with Crippen LogP contribution in [0.2, 0.25) is 0 Å². The molecule has 1 unspecified atom stereocenters. The zero-order valence-electron chi connectivity index (χ0n) is 10.7.